The van der Waals surface area contributed by atoms with Crippen molar-refractivity contribution in [1.29, 1.82) is 0 Å². The second-order valence-corrected chi connectivity index (χ2v) is 8.07. The van der Waals surface area contributed by atoms with Crippen LogP contribution in [0.25, 0.3) is 15.2 Å². The quantitative estimate of drug-likeness (QED) is 0.349. The van der Waals surface area contributed by atoms with Crippen LogP contribution in [0.2, 0.25) is 0 Å². The lowest BCUT2D eigenvalue weighted by atomic mass is 10.2. The second-order valence-electron chi connectivity index (χ2n) is 6.08. The number of nitrogens with zero attached hydrogens (tertiary/aromatic N) is 3. The smallest absolute Gasteiger partial charge is 0.306 e. The first kappa shape index (κ1) is 17.8. The molecule has 0 aliphatic heterocycles. The molecule has 0 aliphatic rings. The van der Waals surface area contributed by atoms with E-state index in [9.17, 15) is 9.59 Å². The van der Waals surface area contributed by atoms with Gasteiger partial charge in [0.2, 0.25) is 0 Å². The van der Waals surface area contributed by atoms with E-state index >= 15 is 0 Å². The molecule has 0 aliphatic carbocycles. The molecule has 4 rings (SSSR count). The molecule has 1 aromatic carbocycles. The zero-order valence-electron chi connectivity index (χ0n) is 14.5. The van der Waals surface area contributed by atoms with Crippen LogP contribution in [0.1, 0.15) is 30.0 Å². The van der Waals surface area contributed by atoms with Crippen molar-refractivity contribution in [2.75, 3.05) is 0 Å². The van der Waals surface area contributed by atoms with Gasteiger partial charge < -0.3 is 4.74 Å². The first-order chi connectivity index (χ1) is 13.2. The summed E-state index contributed by atoms with van der Waals surface area (Å²) in [6.07, 6.45) is 4.52. The Hall–Kier alpha value is -2.58. The maximum atomic E-state index is 11.9. The highest BCUT2D eigenvalue weighted by molar-refractivity contribution is 7.18. The maximum absolute atomic E-state index is 11.9. The van der Waals surface area contributed by atoms with Crippen LogP contribution in [0.3, 0.4) is 0 Å². The third-order valence-electron chi connectivity index (χ3n) is 4.10. The van der Waals surface area contributed by atoms with Crippen molar-refractivity contribution in [2.45, 2.75) is 32.3 Å². The Morgan fingerprint density at radius 2 is 2.07 bits per heavy atom. The number of benzene rings is 1. The molecule has 3 heterocycles. The van der Waals surface area contributed by atoms with Gasteiger partial charge in [-0.15, -0.1) is 22.7 Å². The summed E-state index contributed by atoms with van der Waals surface area (Å²) in [4.78, 5) is 33.3. The molecule has 3 aromatic heterocycles. The van der Waals surface area contributed by atoms with Gasteiger partial charge in [-0.1, -0.05) is 12.1 Å². The number of fused-ring (bicyclic) bond motifs is 2. The SMILES string of the molecule is O=C(CCCCc1nc2ccccc2s1)OCc1cc(=O)n2ccsc2n1. The van der Waals surface area contributed by atoms with E-state index in [1.165, 1.54) is 26.5 Å². The van der Waals surface area contributed by atoms with E-state index < -0.39 is 0 Å². The van der Waals surface area contributed by atoms with Crippen LogP contribution in [0.5, 0.6) is 0 Å². The minimum Gasteiger partial charge on any atom is -0.459 e. The zero-order valence-corrected chi connectivity index (χ0v) is 16.1. The monoisotopic (exact) mass is 399 g/mol. The lowest BCUT2D eigenvalue weighted by Gasteiger charge is -2.04. The largest absolute Gasteiger partial charge is 0.459 e. The van der Waals surface area contributed by atoms with Crippen LogP contribution >= 0.6 is 22.7 Å². The Morgan fingerprint density at radius 3 is 2.96 bits per heavy atom. The first-order valence-corrected chi connectivity index (χ1v) is 10.3. The Kier molecular flexibility index (Phi) is 5.26. The van der Waals surface area contributed by atoms with Gasteiger partial charge in [-0.3, -0.25) is 14.0 Å². The van der Waals surface area contributed by atoms with Crippen molar-refractivity contribution in [2.24, 2.45) is 0 Å². The van der Waals surface area contributed by atoms with E-state index in [4.69, 9.17) is 4.74 Å². The predicted octanol–water partition coefficient (Wildman–Crippen LogP) is 3.82. The number of ether oxygens (including phenoxy) is 1. The fourth-order valence-corrected chi connectivity index (χ4v) is 4.51. The average Bonchev–Trinajstić information content (AvgIpc) is 3.30. The number of hydrogen-bond acceptors (Lipinski definition) is 7. The molecule has 0 bridgehead atoms. The van der Waals surface area contributed by atoms with Gasteiger partial charge in [-0.2, -0.15) is 0 Å². The summed E-state index contributed by atoms with van der Waals surface area (Å²) in [5, 5.41) is 2.89. The number of rotatable bonds is 7. The van der Waals surface area contributed by atoms with Gasteiger partial charge in [-0.05, 0) is 31.4 Å². The van der Waals surface area contributed by atoms with Gasteiger partial charge in [0.05, 0.1) is 20.9 Å². The molecule has 0 saturated heterocycles. The van der Waals surface area contributed by atoms with Crippen LogP contribution in [-0.2, 0) is 22.6 Å². The number of carbonyl (C=O) groups is 1. The molecule has 0 amide bonds. The highest BCUT2D eigenvalue weighted by atomic mass is 32.1. The van der Waals surface area contributed by atoms with Crippen LogP contribution in [-0.4, -0.2) is 20.3 Å². The third-order valence-corrected chi connectivity index (χ3v) is 5.95. The van der Waals surface area contributed by atoms with Crippen molar-refractivity contribution >= 4 is 43.8 Å². The normalized spacial score (nSPS) is 11.3. The summed E-state index contributed by atoms with van der Waals surface area (Å²) in [6.45, 7) is 0.0281. The highest BCUT2D eigenvalue weighted by Gasteiger charge is 2.08. The summed E-state index contributed by atoms with van der Waals surface area (Å²) >= 11 is 3.07. The van der Waals surface area contributed by atoms with Crippen molar-refractivity contribution in [3.8, 4) is 0 Å². The van der Waals surface area contributed by atoms with Crippen molar-refractivity contribution in [3.63, 3.8) is 0 Å². The number of thiazole rings is 2. The van der Waals surface area contributed by atoms with Crippen LogP contribution in [0.15, 0.2) is 46.7 Å². The summed E-state index contributed by atoms with van der Waals surface area (Å²) in [5.41, 5.74) is 1.34. The van der Waals surface area contributed by atoms with Gasteiger partial charge in [0, 0.05) is 24.1 Å². The van der Waals surface area contributed by atoms with E-state index in [1.54, 1.807) is 22.9 Å². The minimum atomic E-state index is -0.271. The van der Waals surface area contributed by atoms with Gasteiger partial charge in [0.25, 0.3) is 5.56 Å². The lowest BCUT2D eigenvalue weighted by molar-refractivity contribution is -0.145. The molecule has 6 nitrogen and oxygen atoms in total. The van der Waals surface area contributed by atoms with Crippen molar-refractivity contribution < 1.29 is 9.53 Å². The van der Waals surface area contributed by atoms with E-state index in [1.807, 2.05) is 18.2 Å². The summed E-state index contributed by atoms with van der Waals surface area (Å²) < 4.78 is 7.91. The Labute approximate surface area is 163 Å². The standard InChI is InChI=1S/C19H17N3O3S2/c23-17-11-13(20-19-22(17)9-10-26-19)12-25-18(24)8-4-3-7-16-21-14-5-1-2-6-15(14)27-16/h1-2,5-6,9-11H,3-4,7-8,12H2. The summed E-state index contributed by atoms with van der Waals surface area (Å²) in [6, 6.07) is 9.49. The molecule has 0 atom stereocenters. The molecular formula is C19H17N3O3S2. The molecule has 0 unspecified atom stereocenters. The number of aryl methyl sites for hydroxylation is 1. The number of aromatic nitrogens is 3. The molecule has 0 fully saturated rings. The average molecular weight is 399 g/mol. The van der Waals surface area contributed by atoms with Gasteiger partial charge in [0.1, 0.15) is 6.61 Å². The number of para-hydroxylation sites is 1. The van der Waals surface area contributed by atoms with E-state index in [0.29, 0.717) is 17.1 Å². The van der Waals surface area contributed by atoms with Gasteiger partial charge in [0.15, 0.2) is 4.96 Å². The van der Waals surface area contributed by atoms with Gasteiger partial charge in [-0.25, -0.2) is 9.97 Å². The molecule has 0 N–H and O–H groups in total. The Bertz CT molecular complexity index is 1110. The van der Waals surface area contributed by atoms with Gasteiger partial charge >= 0.3 is 5.97 Å². The molecule has 27 heavy (non-hydrogen) atoms. The molecule has 8 heteroatoms. The number of carbonyl (C=O) groups excluding carboxylic acids is 1. The van der Waals surface area contributed by atoms with Crippen LogP contribution in [0.4, 0.5) is 0 Å². The maximum Gasteiger partial charge on any atom is 0.306 e. The van der Waals surface area contributed by atoms with Crippen LogP contribution < -0.4 is 5.56 Å². The number of esters is 1. The topological polar surface area (TPSA) is 73.6 Å². The fraction of sp³-hybridized carbons (Fsp3) is 0.263. The molecule has 0 saturated carbocycles. The molecular weight excluding hydrogens is 382 g/mol. The predicted molar refractivity (Wildman–Crippen MR) is 106 cm³/mol. The van der Waals surface area contributed by atoms with E-state index in [2.05, 4.69) is 16.0 Å². The summed E-state index contributed by atoms with van der Waals surface area (Å²) in [5.74, 6) is -0.271. The fourth-order valence-electron chi connectivity index (χ4n) is 2.76. The second kappa shape index (κ2) is 7.98. The molecule has 0 spiro atoms. The van der Waals surface area contributed by atoms with E-state index in [-0.39, 0.29) is 18.1 Å². The lowest BCUT2D eigenvalue weighted by Crippen LogP contribution is -2.14. The molecule has 138 valence electrons. The Balaban J connectivity index is 1.22. The van der Waals surface area contributed by atoms with Crippen molar-refractivity contribution in [3.05, 3.63) is 63.0 Å². The minimum absolute atomic E-state index is 0.0281. The van der Waals surface area contributed by atoms with Crippen molar-refractivity contribution in [1.82, 2.24) is 14.4 Å². The number of hydrogen-bond donors (Lipinski definition) is 0. The zero-order chi connectivity index (χ0) is 18.6. The van der Waals surface area contributed by atoms with E-state index in [0.717, 1.165) is 29.8 Å². The highest BCUT2D eigenvalue weighted by Crippen LogP contribution is 2.22. The molecule has 0 radical (unpaired) electrons. The first-order valence-electron chi connectivity index (χ1n) is 8.65. The number of unbranched alkanes of at least 4 members (excludes halogenated alkanes) is 1. The molecule has 4 aromatic rings. The Morgan fingerprint density at radius 1 is 1.19 bits per heavy atom. The summed E-state index contributed by atoms with van der Waals surface area (Å²) in [7, 11) is 0. The third kappa shape index (κ3) is 4.23. The van der Waals surface area contributed by atoms with Crippen LogP contribution in [0, 0.1) is 0 Å².